The number of pyridine rings is 1. The van der Waals surface area contributed by atoms with Crippen molar-refractivity contribution < 1.29 is 32.3 Å². The van der Waals surface area contributed by atoms with Gasteiger partial charge in [0.05, 0.1) is 19.0 Å². The first-order valence-electron chi connectivity index (χ1n) is 12.4. The van der Waals surface area contributed by atoms with Crippen molar-refractivity contribution >= 4 is 39.1 Å². The third kappa shape index (κ3) is 5.48. The van der Waals surface area contributed by atoms with E-state index in [0.29, 0.717) is 40.3 Å². The van der Waals surface area contributed by atoms with Crippen LogP contribution < -0.4 is 20.5 Å². The monoisotopic (exact) mass is 581 g/mol. The molecule has 2 amide bonds. The molecule has 3 N–H and O–H groups in total. The van der Waals surface area contributed by atoms with Crippen molar-refractivity contribution in [1.29, 1.82) is 0 Å². The summed E-state index contributed by atoms with van der Waals surface area (Å²) >= 11 is 0.820. The second kappa shape index (κ2) is 11.4. The molecule has 0 saturated carbocycles. The average Bonchev–Trinajstić information content (AvgIpc) is 3.68. The Balaban J connectivity index is 1.50. The van der Waals surface area contributed by atoms with Crippen LogP contribution in [0.4, 0.5) is 14.5 Å². The number of primary amides is 1. The number of furan rings is 1. The van der Waals surface area contributed by atoms with Crippen molar-refractivity contribution in [1.82, 2.24) is 14.8 Å². The number of alkyl halides is 2. The van der Waals surface area contributed by atoms with E-state index in [-0.39, 0.29) is 27.8 Å². The second-order valence-electron chi connectivity index (χ2n) is 8.89. The zero-order chi connectivity index (χ0) is 29.3. The molecular formula is C28H25F2N5O5S. The topological polar surface area (TPSA) is 134 Å². The third-order valence-corrected chi connectivity index (χ3v) is 7.47. The van der Waals surface area contributed by atoms with Gasteiger partial charge in [-0.3, -0.25) is 14.3 Å². The number of thiophene rings is 1. The maximum absolute atomic E-state index is 13.8. The van der Waals surface area contributed by atoms with Crippen molar-refractivity contribution in [3.8, 4) is 22.6 Å². The van der Waals surface area contributed by atoms with Crippen molar-refractivity contribution in [2.24, 2.45) is 5.73 Å². The first-order valence-corrected chi connectivity index (χ1v) is 13.3. The standard InChI is InChI=1S/C28H25F2N5O5S/c1-4-35-14(2)19(12-32-35)18-11-20(25(29)30)33-28-22(18)23(24(41-28)26(31)36)34-27(37)21-9-8-17(40-21)13-39-16-7-5-6-15(10-16)38-3/h5-12,25H,4,13H2,1-3H3,(H2,31,36)(H,34,37). The first kappa shape index (κ1) is 27.8. The Bertz CT molecular complexity index is 1760. The third-order valence-electron chi connectivity index (χ3n) is 6.37. The molecule has 5 aromatic rings. The lowest BCUT2D eigenvalue weighted by molar-refractivity contribution is 0.0992. The van der Waals surface area contributed by atoms with E-state index in [2.05, 4.69) is 15.4 Å². The summed E-state index contributed by atoms with van der Waals surface area (Å²) in [7, 11) is 1.55. The number of amides is 2. The Labute approximate surface area is 236 Å². The van der Waals surface area contributed by atoms with Crippen LogP contribution >= 0.6 is 11.3 Å². The van der Waals surface area contributed by atoms with Gasteiger partial charge in [0.25, 0.3) is 18.2 Å². The summed E-state index contributed by atoms with van der Waals surface area (Å²) in [5.41, 5.74) is 6.83. The Morgan fingerprint density at radius 3 is 2.63 bits per heavy atom. The van der Waals surface area contributed by atoms with Crippen LogP contribution in [-0.4, -0.2) is 33.7 Å². The SMILES string of the molecule is CCn1ncc(-c2cc(C(F)F)nc3sc(C(N)=O)c(NC(=O)c4ccc(COc5cccc(OC)c5)o4)c23)c1C. The van der Waals surface area contributed by atoms with Gasteiger partial charge in [-0.1, -0.05) is 6.07 Å². The number of carbonyl (C=O) groups excluding carboxylic acids is 2. The second-order valence-corrected chi connectivity index (χ2v) is 9.89. The predicted octanol–water partition coefficient (Wildman–Crippen LogP) is 5.96. The summed E-state index contributed by atoms with van der Waals surface area (Å²) in [6.07, 6.45) is -1.31. The molecule has 0 aliphatic heterocycles. The highest BCUT2D eigenvalue weighted by molar-refractivity contribution is 7.21. The molecule has 10 nitrogen and oxygen atoms in total. The van der Waals surface area contributed by atoms with Crippen LogP contribution in [0.5, 0.6) is 11.5 Å². The fourth-order valence-corrected chi connectivity index (χ4v) is 5.38. The zero-order valence-corrected chi connectivity index (χ0v) is 23.1. The van der Waals surface area contributed by atoms with E-state index in [1.807, 2.05) is 6.92 Å². The van der Waals surface area contributed by atoms with Crippen molar-refractivity contribution in [3.05, 3.63) is 76.4 Å². The molecule has 5 rings (SSSR count). The van der Waals surface area contributed by atoms with Crippen molar-refractivity contribution in [3.63, 3.8) is 0 Å². The lowest BCUT2D eigenvalue weighted by Gasteiger charge is -2.10. The quantitative estimate of drug-likeness (QED) is 0.208. The molecule has 0 unspecified atom stereocenters. The molecule has 0 radical (unpaired) electrons. The fourth-order valence-electron chi connectivity index (χ4n) is 4.36. The number of ether oxygens (including phenoxy) is 2. The molecular weight excluding hydrogens is 556 g/mol. The minimum absolute atomic E-state index is 0.0396. The molecule has 41 heavy (non-hydrogen) atoms. The largest absolute Gasteiger partial charge is 0.497 e. The van der Waals surface area contributed by atoms with Crippen LogP contribution in [0.3, 0.4) is 0 Å². The molecule has 0 spiro atoms. The maximum Gasteiger partial charge on any atom is 0.291 e. The van der Waals surface area contributed by atoms with Gasteiger partial charge >= 0.3 is 0 Å². The van der Waals surface area contributed by atoms with Crippen LogP contribution in [-0.2, 0) is 13.2 Å². The summed E-state index contributed by atoms with van der Waals surface area (Å²) in [5.74, 6) is -0.0349. The van der Waals surface area contributed by atoms with Gasteiger partial charge in [0.1, 0.15) is 39.3 Å². The number of aryl methyl sites for hydroxylation is 1. The van der Waals surface area contributed by atoms with Crippen LogP contribution in [0.2, 0.25) is 0 Å². The van der Waals surface area contributed by atoms with Crippen LogP contribution in [0.1, 0.15) is 50.7 Å². The number of nitrogens with two attached hydrogens (primary N) is 1. The number of anilines is 1. The number of nitrogens with zero attached hydrogens (tertiary/aromatic N) is 3. The van der Waals surface area contributed by atoms with Crippen LogP contribution in [0.25, 0.3) is 21.3 Å². The highest BCUT2D eigenvalue weighted by Gasteiger charge is 2.27. The van der Waals surface area contributed by atoms with E-state index in [1.54, 1.807) is 55.2 Å². The minimum atomic E-state index is -2.86. The van der Waals surface area contributed by atoms with E-state index in [0.717, 1.165) is 17.0 Å². The Kier molecular flexibility index (Phi) is 7.70. The molecule has 0 saturated heterocycles. The van der Waals surface area contributed by atoms with Gasteiger partial charge in [-0.05, 0) is 49.7 Å². The molecule has 0 bridgehead atoms. The number of halogens is 2. The number of hydrogen-bond donors (Lipinski definition) is 2. The molecule has 4 heterocycles. The molecule has 1 aromatic carbocycles. The Morgan fingerprint density at radius 2 is 1.95 bits per heavy atom. The van der Waals surface area contributed by atoms with Gasteiger partial charge in [-0.2, -0.15) is 5.10 Å². The maximum atomic E-state index is 13.8. The number of fused-ring (bicyclic) bond motifs is 1. The van der Waals surface area contributed by atoms with Crippen LogP contribution in [0, 0.1) is 6.92 Å². The van der Waals surface area contributed by atoms with Gasteiger partial charge in [0.2, 0.25) is 0 Å². The normalized spacial score (nSPS) is 11.3. The van der Waals surface area contributed by atoms with Gasteiger partial charge in [-0.25, -0.2) is 13.8 Å². The number of carbonyl (C=O) groups is 2. The van der Waals surface area contributed by atoms with Gasteiger partial charge in [-0.15, -0.1) is 11.3 Å². The highest BCUT2D eigenvalue weighted by Crippen LogP contribution is 2.43. The molecule has 0 fully saturated rings. The number of hydrogen-bond acceptors (Lipinski definition) is 8. The summed E-state index contributed by atoms with van der Waals surface area (Å²) in [6, 6.07) is 11.3. The molecule has 0 aliphatic carbocycles. The first-order chi connectivity index (χ1) is 19.7. The Morgan fingerprint density at radius 1 is 1.17 bits per heavy atom. The summed E-state index contributed by atoms with van der Waals surface area (Å²) in [4.78, 5) is 29.8. The Hall–Kier alpha value is -4.78. The van der Waals surface area contributed by atoms with Crippen molar-refractivity contribution in [2.75, 3.05) is 12.4 Å². The van der Waals surface area contributed by atoms with Gasteiger partial charge < -0.3 is 24.9 Å². The highest BCUT2D eigenvalue weighted by atomic mass is 32.1. The van der Waals surface area contributed by atoms with E-state index >= 15 is 0 Å². The minimum Gasteiger partial charge on any atom is -0.497 e. The summed E-state index contributed by atoms with van der Waals surface area (Å²) in [5, 5.41) is 7.32. The molecule has 0 aliphatic rings. The number of nitrogens with one attached hydrogen (secondary N) is 1. The number of methoxy groups -OCH3 is 1. The van der Waals surface area contributed by atoms with Crippen LogP contribution in [0.15, 0.2) is 53.1 Å². The fraction of sp³-hybridized carbons (Fsp3) is 0.214. The molecule has 13 heteroatoms. The zero-order valence-electron chi connectivity index (χ0n) is 22.2. The van der Waals surface area contributed by atoms with E-state index < -0.39 is 23.9 Å². The van der Waals surface area contributed by atoms with Gasteiger partial charge in [0, 0.05) is 29.3 Å². The summed E-state index contributed by atoms with van der Waals surface area (Å²) in [6.45, 7) is 4.30. The number of benzene rings is 1. The number of rotatable bonds is 10. The molecule has 0 atom stereocenters. The summed E-state index contributed by atoms with van der Waals surface area (Å²) < 4.78 is 45.9. The van der Waals surface area contributed by atoms with E-state index in [9.17, 15) is 18.4 Å². The van der Waals surface area contributed by atoms with E-state index in [1.165, 1.54) is 12.1 Å². The number of aromatic nitrogens is 3. The predicted molar refractivity (Wildman–Crippen MR) is 149 cm³/mol. The average molecular weight is 582 g/mol. The van der Waals surface area contributed by atoms with Gasteiger partial charge in [0.15, 0.2) is 5.76 Å². The van der Waals surface area contributed by atoms with E-state index in [4.69, 9.17) is 19.6 Å². The lowest BCUT2D eigenvalue weighted by atomic mass is 10.0. The molecule has 4 aromatic heterocycles. The lowest BCUT2D eigenvalue weighted by Crippen LogP contribution is -2.16. The van der Waals surface area contributed by atoms with Crippen molar-refractivity contribution in [2.45, 2.75) is 33.4 Å². The smallest absolute Gasteiger partial charge is 0.291 e. The molecule has 212 valence electrons.